The van der Waals surface area contributed by atoms with Crippen molar-refractivity contribution in [3.63, 3.8) is 0 Å². The highest BCUT2D eigenvalue weighted by molar-refractivity contribution is 7.89. The SMILES string of the molecule is CC(C)[C@H](N)CN(CC1CC1)S(=O)(=O)c1ccccc1. The molecule has 1 aromatic rings. The molecule has 1 fully saturated rings. The number of hydrogen-bond acceptors (Lipinski definition) is 3. The van der Waals surface area contributed by atoms with E-state index in [1.54, 1.807) is 28.6 Å². The minimum absolute atomic E-state index is 0.132. The van der Waals surface area contributed by atoms with Gasteiger partial charge in [0.05, 0.1) is 4.90 Å². The van der Waals surface area contributed by atoms with Crippen LogP contribution in [0.5, 0.6) is 0 Å². The molecule has 1 atom stereocenters. The van der Waals surface area contributed by atoms with Crippen LogP contribution in [0.4, 0.5) is 0 Å². The third kappa shape index (κ3) is 3.81. The van der Waals surface area contributed by atoms with Crippen molar-refractivity contribution >= 4 is 10.0 Å². The van der Waals surface area contributed by atoms with Gasteiger partial charge in [-0.2, -0.15) is 4.31 Å². The molecule has 112 valence electrons. The van der Waals surface area contributed by atoms with Crippen LogP contribution in [0.25, 0.3) is 0 Å². The van der Waals surface area contributed by atoms with Gasteiger partial charge < -0.3 is 5.73 Å². The maximum atomic E-state index is 12.7. The molecule has 5 heteroatoms. The molecule has 0 aromatic heterocycles. The summed E-state index contributed by atoms with van der Waals surface area (Å²) in [5.74, 6) is 0.774. The molecular weight excluding hydrogens is 272 g/mol. The van der Waals surface area contributed by atoms with E-state index in [9.17, 15) is 8.42 Å². The molecule has 1 aliphatic carbocycles. The Labute approximate surface area is 122 Å². The summed E-state index contributed by atoms with van der Waals surface area (Å²) >= 11 is 0. The lowest BCUT2D eigenvalue weighted by atomic mass is 10.1. The Morgan fingerprint density at radius 3 is 2.35 bits per heavy atom. The van der Waals surface area contributed by atoms with Gasteiger partial charge in [-0.1, -0.05) is 32.0 Å². The van der Waals surface area contributed by atoms with Crippen LogP contribution in [-0.4, -0.2) is 31.9 Å². The second kappa shape index (κ2) is 6.24. The van der Waals surface area contributed by atoms with Gasteiger partial charge in [0.25, 0.3) is 0 Å². The Balaban J connectivity index is 2.20. The van der Waals surface area contributed by atoms with Gasteiger partial charge in [0.1, 0.15) is 0 Å². The lowest BCUT2D eigenvalue weighted by Crippen LogP contribution is -2.44. The Kier molecular flexibility index (Phi) is 4.83. The molecule has 0 aliphatic heterocycles. The smallest absolute Gasteiger partial charge is 0.243 e. The highest BCUT2D eigenvalue weighted by Crippen LogP contribution is 2.31. The highest BCUT2D eigenvalue weighted by atomic mass is 32.2. The van der Waals surface area contributed by atoms with Crippen molar-refractivity contribution in [2.24, 2.45) is 17.6 Å². The van der Waals surface area contributed by atoms with Crippen molar-refractivity contribution in [2.75, 3.05) is 13.1 Å². The van der Waals surface area contributed by atoms with E-state index >= 15 is 0 Å². The highest BCUT2D eigenvalue weighted by Gasteiger charge is 2.32. The zero-order valence-corrected chi connectivity index (χ0v) is 13.0. The van der Waals surface area contributed by atoms with Crippen LogP contribution in [0.3, 0.4) is 0 Å². The van der Waals surface area contributed by atoms with Crippen molar-refractivity contribution in [2.45, 2.75) is 37.6 Å². The maximum Gasteiger partial charge on any atom is 0.243 e. The summed E-state index contributed by atoms with van der Waals surface area (Å²) in [4.78, 5) is 0.358. The van der Waals surface area contributed by atoms with Gasteiger partial charge in [0, 0.05) is 19.1 Å². The van der Waals surface area contributed by atoms with Gasteiger partial charge in [-0.05, 0) is 36.8 Å². The third-order valence-corrected chi connectivity index (χ3v) is 5.66. The molecule has 0 spiro atoms. The van der Waals surface area contributed by atoms with Gasteiger partial charge in [-0.25, -0.2) is 8.42 Å². The van der Waals surface area contributed by atoms with Gasteiger partial charge >= 0.3 is 0 Å². The second-order valence-electron chi connectivity index (χ2n) is 5.99. The van der Waals surface area contributed by atoms with E-state index in [0.29, 0.717) is 23.9 Å². The standard InChI is InChI=1S/C15H24N2O2S/c1-12(2)15(16)11-17(10-13-8-9-13)20(18,19)14-6-4-3-5-7-14/h3-7,12-13,15H,8-11,16H2,1-2H3/t15-/m1/s1. The Hall–Kier alpha value is -0.910. The topological polar surface area (TPSA) is 63.4 Å². The second-order valence-corrected chi connectivity index (χ2v) is 7.92. The number of sulfonamides is 1. The molecule has 0 unspecified atom stereocenters. The minimum Gasteiger partial charge on any atom is -0.326 e. The summed E-state index contributed by atoms with van der Waals surface area (Å²) in [5, 5.41) is 0. The molecule has 0 amide bonds. The van der Waals surface area contributed by atoms with Gasteiger partial charge in [-0.15, -0.1) is 0 Å². The zero-order valence-electron chi connectivity index (χ0n) is 12.2. The number of hydrogen-bond donors (Lipinski definition) is 1. The molecule has 1 aliphatic rings. The van der Waals surface area contributed by atoms with E-state index in [1.807, 2.05) is 19.9 Å². The van der Waals surface area contributed by atoms with Crippen molar-refractivity contribution in [3.05, 3.63) is 30.3 Å². The normalized spacial score (nSPS) is 17.6. The third-order valence-electron chi connectivity index (χ3n) is 3.81. The minimum atomic E-state index is -3.43. The molecule has 2 N–H and O–H groups in total. The predicted octanol–water partition coefficient (Wildman–Crippen LogP) is 2.07. The lowest BCUT2D eigenvalue weighted by molar-refractivity contribution is 0.336. The first kappa shape index (κ1) is 15.5. The first-order valence-corrected chi connectivity index (χ1v) is 8.66. The molecular formula is C15H24N2O2S. The van der Waals surface area contributed by atoms with E-state index in [-0.39, 0.29) is 12.0 Å². The average molecular weight is 296 g/mol. The summed E-state index contributed by atoms with van der Waals surface area (Å²) in [6, 6.07) is 8.50. The summed E-state index contributed by atoms with van der Waals surface area (Å²) in [6.07, 6.45) is 2.25. The molecule has 0 bridgehead atoms. The number of benzene rings is 1. The summed E-state index contributed by atoms with van der Waals surface area (Å²) < 4.78 is 27.0. The molecule has 4 nitrogen and oxygen atoms in total. The molecule has 0 saturated heterocycles. The Bertz CT molecular complexity index is 524. The predicted molar refractivity (Wildman–Crippen MR) is 80.7 cm³/mol. The van der Waals surface area contributed by atoms with Gasteiger partial charge in [0.15, 0.2) is 0 Å². The number of nitrogens with two attached hydrogens (primary N) is 1. The summed E-state index contributed by atoms with van der Waals surface area (Å²) in [6.45, 7) is 5.03. The van der Waals surface area contributed by atoms with Crippen molar-refractivity contribution in [1.82, 2.24) is 4.31 Å². The largest absolute Gasteiger partial charge is 0.326 e. The zero-order chi connectivity index (χ0) is 14.8. The number of rotatable bonds is 7. The molecule has 0 heterocycles. The lowest BCUT2D eigenvalue weighted by Gasteiger charge is -2.27. The van der Waals surface area contributed by atoms with Crippen LogP contribution < -0.4 is 5.73 Å². The van der Waals surface area contributed by atoms with Crippen LogP contribution in [0.2, 0.25) is 0 Å². The van der Waals surface area contributed by atoms with Crippen molar-refractivity contribution in [3.8, 4) is 0 Å². The quantitative estimate of drug-likeness (QED) is 0.838. The fourth-order valence-corrected chi connectivity index (χ4v) is 3.62. The molecule has 2 rings (SSSR count). The van der Waals surface area contributed by atoms with Crippen LogP contribution in [-0.2, 0) is 10.0 Å². The maximum absolute atomic E-state index is 12.7. The van der Waals surface area contributed by atoms with Crippen LogP contribution in [0.1, 0.15) is 26.7 Å². The van der Waals surface area contributed by atoms with E-state index in [4.69, 9.17) is 5.73 Å². The Morgan fingerprint density at radius 2 is 1.85 bits per heavy atom. The molecule has 1 aromatic carbocycles. The first-order valence-electron chi connectivity index (χ1n) is 7.22. The summed E-state index contributed by atoms with van der Waals surface area (Å²) in [7, 11) is -3.43. The summed E-state index contributed by atoms with van der Waals surface area (Å²) in [5.41, 5.74) is 6.08. The van der Waals surface area contributed by atoms with Crippen LogP contribution in [0, 0.1) is 11.8 Å². The fourth-order valence-electron chi connectivity index (χ4n) is 2.05. The molecule has 20 heavy (non-hydrogen) atoms. The van der Waals surface area contributed by atoms with E-state index in [2.05, 4.69) is 0 Å². The monoisotopic (exact) mass is 296 g/mol. The van der Waals surface area contributed by atoms with Crippen molar-refractivity contribution in [1.29, 1.82) is 0 Å². The van der Waals surface area contributed by atoms with E-state index < -0.39 is 10.0 Å². The van der Waals surface area contributed by atoms with Gasteiger partial charge in [-0.3, -0.25) is 0 Å². The first-order chi connectivity index (χ1) is 9.41. The molecule has 0 radical (unpaired) electrons. The van der Waals surface area contributed by atoms with Gasteiger partial charge in [0.2, 0.25) is 10.0 Å². The Morgan fingerprint density at radius 1 is 1.25 bits per heavy atom. The van der Waals surface area contributed by atoms with E-state index in [0.717, 1.165) is 12.8 Å². The number of nitrogens with zero attached hydrogens (tertiary/aromatic N) is 1. The van der Waals surface area contributed by atoms with Crippen LogP contribution in [0.15, 0.2) is 35.2 Å². The van der Waals surface area contributed by atoms with Crippen LogP contribution >= 0.6 is 0 Å². The van der Waals surface area contributed by atoms with E-state index in [1.165, 1.54) is 0 Å². The average Bonchev–Trinajstić information content (AvgIpc) is 3.22. The fraction of sp³-hybridized carbons (Fsp3) is 0.600. The van der Waals surface area contributed by atoms with Crippen molar-refractivity contribution < 1.29 is 8.42 Å². The molecule has 1 saturated carbocycles.